The molecule has 1 aliphatic rings. The Morgan fingerprint density at radius 2 is 2.21 bits per heavy atom. The van der Waals surface area contributed by atoms with Gasteiger partial charge in [-0.3, -0.25) is 14.5 Å². The summed E-state index contributed by atoms with van der Waals surface area (Å²) in [6.45, 7) is 3.16. The van der Waals surface area contributed by atoms with Crippen LogP contribution in [0.3, 0.4) is 0 Å². The number of nitrogens with zero attached hydrogens (tertiary/aromatic N) is 4. The van der Waals surface area contributed by atoms with Gasteiger partial charge in [0.15, 0.2) is 5.69 Å². The lowest BCUT2D eigenvalue weighted by Crippen LogP contribution is -2.35. The van der Waals surface area contributed by atoms with E-state index in [2.05, 4.69) is 15.4 Å². The summed E-state index contributed by atoms with van der Waals surface area (Å²) in [6.07, 6.45) is 4.35. The monoisotopic (exact) mass is 393 g/mol. The van der Waals surface area contributed by atoms with Gasteiger partial charge < -0.3 is 14.6 Å². The maximum Gasteiger partial charge on any atom is 0.274 e. The smallest absolute Gasteiger partial charge is 0.274 e. The molecule has 0 aliphatic heterocycles. The number of pyridine rings is 1. The van der Waals surface area contributed by atoms with Crippen molar-refractivity contribution in [2.24, 2.45) is 7.05 Å². The Kier molecular flexibility index (Phi) is 5.49. The van der Waals surface area contributed by atoms with E-state index in [4.69, 9.17) is 4.42 Å². The second-order valence-corrected chi connectivity index (χ2v) is 7.73. The fourth-order valence-corrected chi connectivity index (χ4v) is 3.97. The molecule has 3 aromatic rings. The lowest BCUT2D eigenvalue weighted by molar-refractivity contribution is 0.0767. The van der Waals surface area contributed by atoms with Crippen LogP contribution in [-0.2, 0) is 33.0 Å². The summed E-state index contributed by atoms with van der Waals surface area (Å²) in [5.41, 5.74) is 4.83. The first-order chi connectivity index (χ1) is 14.0. The number of aryl methyl sites for hydroxylation is 2. The first-order valence-electron chi connectivity index (χ1n) is 9.99. The molecule has 29 heavy (non-hydrogen) atoms. The topological polar surface area (TPSA) is 76.2 Å². The van der Waals surface area contributed by atoms with E-state index >= 15 is 0 Å². The van der Waals surface area contributed by atoms with E-state index in [1.165, 1.54) is 0 Å². The number of rotatable bonds is 6. The van der Waals surface area contributed by atoms with Crippen LogP contribution in [0.15, 0.2) is 41.0 Å². The third-order valence-electron chi connectivity index (χ3n) is 5.50. The van der Waals surface area contributed by atoms with Gasteiger partial charge in [0, 0.05) is 43.6 Å². The van der Waals surface area contributed by atoms with Crippen LogP contribution in [0.4, 0.5) is 0 Å². The fraction of sp³-hybridized carbons (Fsp3) is 0.409. The molecule has 0 saturated carbocycles. The highest BCUT2D eigenvalue weighted by molar-refractivity contribution is 5.94. The molecular formula is C22H27N5O2. The lowest BCUT2D eigenvalue weighted by atomic mass is 9.91. The summed E-state index contributed by atoms with van der Waals surface area (Å²) in [5, 5.41) is 8.17. The number of aromatic nitrogens is 3. The van der Waals surface area contributed by atoms with Crippen molar-refractivity contribution in [3.8, 4) is 0 Å². The molecule has 4 rings (SSSR count). The number of furan rings is 1. The number of carbonyl (C=O) groups excluding carboxylic acids is 1. The Morgan fingerprint density at radius 1 is 1.34 bits per heavy atom. The second-order valence-electron chi connectivity index (χ2n) is 7.73. The van der Waals surface area contributed by atoms with Gasteiger partial charge >= 0.3 is 0 Å². The molecule has 1 amide bonds. The Hall–Kier alpha value is -2.93. The maximum atomic E-state index is 13.1. The van der Waals surface area contributed by atoms with Gasteiger partial charge in [-0.15, -0.1) is 0 Å². The molecule has 1 unspecified atom stereocenters. The van der Waals surface area contributed by atoms with Gasteiger partial charge in [-0.1, -0.05) is 6.07 Å². The zero-order valence-corrected chi connectivity index (χ0v) is 17.2. The highest BCUT2D eigenvalue weighted by Gasteiger charge is 2.29. The third kappa shape index (κ3) is 4.24. The molecule has 0 spiro atoms. The molecule has 7 heteroatoms. The Labute approximate surface area is 170 Å². The van der Waals surface area contributed by atoms with Gasteiger partial charge in [0.05, 0.1) is 18.5 Å². The average molecular weight is 393 g/mol. The Balaban J connectivity index is 1.46. The molecule has 3 aromatic heterocycles. The van der Waals surface area contributed by atoms with Gasteiger partial charge in [-0.2, -0.15) is 5.10 Å². The minimum Gasteiger partial charge on any atom is -0.467 e. The van der Waals surface area contributed by atoms with E-state index in [0.29, 0.717) is 18.3 Å². The van der Waals surface area contributed by atoms with Crippen molar-refractivity contribution in [1.82, 2.24) is 25.0 Å². The van der Waals surface area contributed by atoms with Crippen molar-refractivity contribution in [3.05, 3.63) is 70.7 Å². The zero-order valence-electron chi connectivity index (χ0n) is 17.2. The quantitative estimate of drug-likeness (QED) is 0.697. The van der Waals surface area contributed by atoms with Crippen molar-refractivity contribution < 1.29 is 9.21 Å². The fourth-order valence-electron chi connectivity index (χ4n) is 3.97. The molecule has 152 valence electrons. The third-order valence-corrected chi connectivity index (χ3v) is 5.50. The van der Waals surface area contributed by atoms with Crippen molar-refractivity contribution in [1.29, 1.82) is 0 Å². The largest absolute Gasteiger partial charge is 0.467 e. The molecular weight excluding hydrogens is 366 g/mol. The van der Waals surface area contributed by atoms with E-state index in [-0.39, 0.29) is 5.91 Å². The standard InChI is InChI=1S/C22H27N5O2/c1-15-6-4-7-17(24-15)13-23-16-9-10-20-19(12-16)21(25-27(20)3)22(28)26(2)14-18-8-5-11-29-18/h4-8,11,16,23H,9-10,12-14H2,1-3H3. The summed E-state index contributed by atoms with van der Waals surface area (Å²) < 4.78 is 7.23. The van der Waals surface area contributed by atoms with Gasteiger partial charge in [-0.25, -0.2) is 0 Å². The van der Waals surface area contributed by atoms with E-state index in [9.17, 15) is 4.79 Å². The summed E-state index contributed by atoms with van der Waals surface area (Å²) >= 11 is 0. The lowest BCUT2D eigenvalue weighted by Gasteiger charge is -2.24. The van der Waals surface area contributed by atoms with Gasteiger partial charge in [0.2, 0.25) is 0 Å². The number of hydrogen-bond acceptors (Lipinski definition) is 5. The van der Waals surface area contributed by atoms with Gasteiger partial charge in [0.25, 0.3) is 5.91 Å². The number of fused-ring (bicyclic) bond motifs is 1. The van der Waals surface area contributed by atoms with Gasteiger partial charge in [-0.05, 0) is 50.5 Å². The number of carbonyl (C=O) groups is 1. The molecule has 0 aromatic carbocycles. The Morgan fingerprint density at radius 3 is 2.97 bits per heavy atom. The molecule has 3 heterocycles. The second kappa shape index (κ2) is 8.21. The number of amides is 1. The molecule has 1 atom stereocenters. The van der Waals surface area contributed by atoms with E-state index in [0.717, 1.165) is 54.2 Å². The highest BCUT2D eigenvalue weighted by Crippen LogP contribution is 2.25. The molecule has 0 bridgehead atoms. The normalized spacial score (nSPS) is 15.9. The molecule has 0 saturated heterocycles. The van der Waals surface area contributed by atoms with Crippen molar-refractivity contribution in [2.45, 2.75) is 45.3 Å². The van der Waals surface area contributed by atoms with Crippen LogP contribution < -0.4 is 5.32 Å². The van der Waals surface area contributed by atoms with Crippen LogP contribution in [-0.4, -0.2) is 38.7 Å². The van der Waals surface area contributed by atoms with Crippen LogP contribution in [0, 0.1) is 6.92 Å². The Bertz CT molecular complexity index is 993. The van der Waals surface area contributed by atoms with Crippen LogP contribution >= 0.6 is 0 Å². The summed E-state index contributed by atoms with van der Waals surface area (Å²) in [6, 6.07) is 10.1. The average Bonchev–Trinajstić information content (AvgIpc) is 3.33. The number of hydrogen-bond donors (Lipinski definition) is 1. The minimum absolute atomic E-state index is 0.0701. The van der Waals surface area contributed by atoms with E-state index in [1.54, 1.807) is 18.2 Å². The molecule has 0 radical (unpaired) electrons. The van der Waals surface area contributed by atoms with E-state index < -0.39 is 0 Å². The number of nitrogens with one attached hydrogen (secondary N) is 1. The zero-order chi connectivity index (χ0) is 20.4. The molecule has 1 N–H and O–H groups in total. The molecule has 0 fully saturated rings. The molecule has 1 aliphatic carbocycles. The summed E-state index contributed by atoms with van der Waals surface area (Å²) in [5.74, 6) is 0.690. The predicted octanol–water partition coefficient (Wildman–Crippen LogP) is 2.64. The predicted molar refractivity (Wildman–Crippen MR) is 109 cm³/mol. The van der Waals surface area contributed by atoms with Gasteiger partial charge in [0.1, 0.15) is 5.76 Å². The molecule has 7 nitrogen and oxygen atoms in total. The van der Waals surface area contributed by atoms with Crippen LogP contribution in [0.1, 0.15) is 45.3 Å². The maximum absolute atomic E-state index is 13.1. The van der Waals surface area contributed by atoms with Crippen molar-refractivity contribution >= 4 is 5.91 Å². The van der Waals surface area contributed by atoms with Crippen molar-refractivity contribution in [2.75, 3.05) is 7.05 Å². The van der Waals surface area contributed by atoms with E-state index in [1.807, 2.05) is 49.0 Å². The first kappa shape index (κ1) is 19.4. The van der Waals surface area contributed by atoms with Crippen molar-refractivity contribution in [3.63, 3.8) is 0 Å². The summed E-state index contributed by atoms with van der Waals surface area (Å²) in [7, 11) is 3.71. The van der Waals surface area contributed by atoms with Crippen LogP contribution in [0.2, 0.25) is 0 Å². The van der Waals surface area contributed by atoms with Crippen LogP contribution in [0.25, 0.3) is 0 Å². The summed E-state index contributed by atoms with van der Waals surface area (Å²) in [4.78, 5) is 19.3. The highest BCUT2D eigenvalue weighted by atomic mass is 16.3. The SMILES string of the molecule is Cc1cccc(CNC2CCc3c(c(C(=O)N(C)Cc4ccco4)nn3C)C2)n1. The van der Waals surface area contributed by atoms with Crippen LogP contribution in [0.5, 0.6) is 0 Å². The first-order valence-corrected chi connectivity index (χ1v) is 9.99. The minimum atomic E-state index is -0.0701.